The van der Waals surface area contributed by atoms with Gasteiger partial charge in [0.1, 0.15) is 0 Å². The summed E-state index contributed by atoms with van der Waals surface area (Å²) in [6.45, 7) is 7.92. The van der Waals surface area contributed by atoms with Crippen LogP contribution in [-0.4, -0.2) is 17.6 Å². The third kappa shape index (κ3) is 3.52. The molecule has 1 aliphatic carbocycles. The lowest BCUT2D eigenvalue weighted by Crippen LogP contribution is -2.43. The van der Waals surface area contributed by atoms with Crippen molar-refractivity contribution in [3.8, 4) is 0 Å². The van der Waals surface area contributed by atoms with Gasteiger partial charge < -0.3 is 5.32 Å². The topological polar surface area (TPSA) is 24.9 Å². The van der Waals surface area contributed by atoms with Crippen molar-refractivity contribution in [2.45, 2.75) is 52.5 Å². The minimum Gasteiger partial charge on any atom is -0.313 e. The number of hydrogen-bond acceptors (Lipinski definition) is 3. The third-order valence-electron chi connectivity index (χ3n) is 3.93. The smallest absolute Gasteiger partial charge is 0.0940 e. The molecule has 17 heavy (non-hydrogen) atoms. The fraction of sp³-hybridized carbons (Fsp3) is 0.786. The molecule has 0 bridgehead atoms. The van der Waals surface area contributed by atoms with Crippen LogP contribution >= 0.6 is 11.3 Å². The van der Waals surface area contributed by atoms with Gasteiger partial charge in [0.15, 0.2) is 0 Å². The van der Waals surface area contributed by atoms with Crippen molar-refractivity contribution < 1.29 is 0 Å². The lowest BCUT2D eigenvalue weighted by molar-refractivity contribution is 0.210. The van der Waals surface area contributed by atoms with Gasteiger partial charge in [-0.2, -0.15) is 0 Å². The molecule has 0 spiro atoms. The number of aromatic nitrogens is 1. The Kier molecular flexibility index (Phi) is 4.57. The first-order chi connectivity index (χ1) is 8.16. The van der Waals surface area contributed by atoms with Crippen molar-refractivity contribution in [2.24, 2.45) is 11.8 Å². The largest absolute Gasteiger partial charge is 0.313 e. The molecule has 0 radical (unpaired) electrons. The Morgan fingerprint density at radius 2 is 2.06 bits per heavy atom. The van der Waals surface area contributed by atoms with Crippen molar-refractivity contribution in [2.75, 3.05) is 6.54 Å². The molecule has 1 aromatic rings. The van der Waals surface area contributed by atoms with E-state index in [-0.39, 0.29) is 0 Å². The normalized spacial score (nSPS) is 29.5. The molecule has 1 fully saturated rings. The highest BCUT2D eigenvalue weighted by atomic mass is 32.1. The lowest BCUT2D eigenvalue weighted by Gasteiger charge is -2.35. The van der Waals surface area contributed by atoms with Crippen molar-refractivity contribution in [3.63, 3.8) is 0 Å². The van der Waals surface area contributed by atoms with Crippen LogP contribution in [0.25, 0.3) is 0 Å². The summed E-state index contributed by atoms with van der Waals surface area (Å²) in [7, 11) is 0. The van der Waals surface area contributed by atoms with E-state index in [1.165, 1.54) is 24.3 Å². The molecular weight excluding hydrogens is 228 g/mol. The Labute approximate surface area is 109 Å². The van der Waals surface area contributed by atoms with Gasteiger partial charge in [-0.05, 0) is 31.6 Å². The summed E-state index contributed by atoms with van der Waals surface area (Å²) in [4.78, 5) is 4.51. The van der Waals surface area contributed by atoms with E-state index in [2.05, 4.69) is 36.5 Å². The molecule has 2 unspecified atom stereocenters. The minimum atomic E-state index is 0.713. The van der Waals surface area contributed by atoms with Crippen LogP contribution in [0.3, 0.4) is 0 Å². The second-order valence-corrected chi connectivity index (χ2v) is 6.44. The maximum atomic E-state index is 4.51. The number of hydrogen-bond donors (Lipinski definition) is 1. The first-order valence-corrected chi connectivity index (χ1v) is 7.69. The molecule has 96 valence electrons. The number of nitrogens with one attached hydrogen (secondary N) is 1. The Balaban J connectivity index is 1.77. The van der Waals surface area contributed by atoms with Gasteiger partial charge in [0.25, 0.3) is 0 Å². The molecule has 3 heteroatoms. The van der Waals surface area contributed by atoms with E-state index in [1.54, 1.807) is 11.3 Å². The Hall–Kier alpha value is -0.410. The highest BCUT2D eigenvalue weighted by molar-refractivity contribution is 7.09. The summed E-state index contributed by atoms with van der Waals surface area (Å²) >= 11 is 1.79. The van der Waals surface area contributed by atoms with Crippen molar-refractivity contribution in [1.82, 2.24) is 10.3 Å². The second-order valence-electron chi connectivity index (χ2n) is 5.50. The zero-order valence-electron chi connectivity index (χ0n) is 11.2. The molecule has 1 heterocycles. The highest BCUT2D eigenvalue weighted by Crippen LogP contribution is 2.28. The van der Waals surface area contributed by atoms with E-state index in [0.29, 0.717) is 6.04 Å². The Bertz CT molecular complexity index is 338. The molecule has 1 aliphatic rings. The molecule has 0 amide bonds. The zero-order valence-corrected chi connectivity index (χ0v) is 12.0. The standard InChI is InChI=1S/C14H24N2S/c1-10-5-4-6-11(2)14(10)15-8-7-13-16-12(3)9-17-13/h9-11,14-15H,4-8H2,1-3H3. The molecule has 0 aromatic carbocycles. The van der Waals surface area contributed by atoms with Crippen LogP contribution in [0.2, 0.25) is 0 Å². The van der Waals surface area contributed by atoms with E-state index in [4.69, 9.17) is 0 Å². The molecule has 1 N–H and O–H groups in total. The predicted molar refractivity (Wildman–Crippen MR) is 74.5 cm³/mol. The fourth-order valence-corrected chi connectivity index (χ4v) is 3.72. The first kappa shape index (κ1) is 13.0. The number of rotatable bonds is 4. The van der Waals surface area contributed by atoms with Crippen LogP contribution in [-0.2, 0) is 6.42 Å². The average Bonchev–Trinajstić information content (AvgIpc) is 2.69. The Morgan fingerprint density at radius 1 is 1.35 bits per heavy atom. The van der Waals surface area contributed by atoms with Crippen LogP contribution in [0.1, 0.15) is 43.8 Å². The van der Waals surface area contributed by atoms with Crippen LogP contribution < -0.4 is 5.32 Å². The summed E-state index contributed by atoms with van der Waals surface area (Å²) in [6.07, 6.45) is 5.26. The Morgan fingerprint density at radius 3 is 2.65 bits per heavy atom. The van der Waals surface area contributed by atoms with Crippen LogP contribution in [0, 0.1) is 18.8 Å². The monoisotopic (exact) mass is 252 g/mol. The van der Waals surface area contributed by atoms with Crippen molar-refractivity contribution >= 4 is 11.3 Å². The molecule has 0 aliphatic heterocycles. The van der Waals surface area contributed by atoms with E-state index in [0.717, 1.165) is 30.5 Å². The molecular formula is C14H24N2S. The van der Waals surface area contributed by atoms with E-state index in [1.807, 2.05) is 0 Å². The van der Waals surface area contributed by atoms with Gasteiger partial charge in [-0.1, -0.05) is 20.3 Å². The van der Waals surface area contributed by atoms with Crippen molar-refractivity contribution in [1.29, 1.82) is 0 Å². The van der Waals surface area contributed by atoms with Gasteiger partial charge in [-0.15, -0.1) is 11.3 Å². The molecule has 2 rings (SSSR count). The highest BCUT2D eigenvalue weighted by Gasteiger charge is 2.26. The van der Waals surface area contributed by atoms with Gasteiger partial charge >= 0.3 is 0 Å². The maximum Gasteiger partial charge on any atom is 0.0940 e. The van der Waals surface area contributed by atoms with Crippen LogP contribution in [0.4, 0.5) is 0 Å². The maximum absolute atomic E-state index is 4.51. The average molecular weight is 252 g/mol. The van der Waals surface area contributed by atoms with Gasteiger partial charge in [0.2, 0.25) is 0 Å². The second kappa shape index (κ2) is 5.96. The van der Waals surface area contributed by atoms with Gasteiger partial charge in [0, 0.05) is 30.1 Å². The lowest BCUT2D eigenvalue weighted by atomic mass is 9.79. The molecule has 2 atom stereocenters. The fourth-order valence-electron chi connectivity index (χ4n) is 2.95. The first-order valence-electron chi connectivity index (χ1n) is 6.81. The summed E-state index contributed by atoms with van der Waals surface area (Å²) in [5.41, 5.74) is 1.16. The molecule has 1 saturated carbocycles. The number of aryl methyl sites for hydroxylation is 1. The third-order valence-corrected chi connectivity index (χ3v) is 4.96. The number of nitrogens with zero attached hydrogens (tertiary/aromatic N) is 1. The van der Waals surface area contributed by atoms with Gasteiger partial charge in [-0.25, -0.2) is 4.98 Å². The van der Waals surface area contributed by atoms with E-state index in [9.17, 15) is 0 Å². The molecule has 2 nitrogen and oxygen atoms in total. The molecule has 1 aromatic heterocycles. The molecule has 0 saturated heterocycles. The summed E-state index contributed by atoms with van der Waals surface area (Å²) in [5, 5.41) is 7.16. The van der Waals surface area contributed by atoms with Crippen LogP contribution in [0.15, 0.2) is 5.38 Å². The van der Waals surface area contributed by atoms with Gasteiger partial charge in [0.05, 0.1) is 5.01 Å². The summed E-state index contributed by atoms with van der Waals surface area (Å²) in [5.74, 6) is 1.66. The predicted octanol–water partition coefficient (Wildman–Crippen LogP) is 3.41. The SMILES string of the molecule is Cc1csc(CCNC2C(C)CCCC2C)n1. The van der Waals surface area contributed by atoms with Crippen molar-refractivity contribution in [3.05, 3.63) is 16.1 Å². The quantitative estimate of drug-likeness (QED) is 0.888. The number of thiazole rings is 1. The minimum absolute atomic E-state index is 0.713. The van der Waals surface area contributed by atoms with E-state index >= 15 is 0 Å². The van der Waals surface area contributed by atoms with Crippen LogP contribution in [0.5, 0.6) is 0 Å². The summed E-state index contributed by atoms with van der Waals surface area (Å²) in [6, 6.07) is 0.713. The zero-order chi connectivity index (χ0) is 12.3. The van der Waals surface area contributed by atoms with Gasteiger partial charge in [-0.3, -0.25) is 0 Å². The van der Waals surface area contributed by atoms with E-state index < -0.39 is 0 Å². The summed E-state index contributed by atoms with van der Waals surface area (Å²) < 4.78 is 0.